The molecule has 0 bridgehead atoms. The van der Waals surface area contributed by atoms with E-state index in [1.165, 1.54) is 14.0 Å². The van der Waals surface area contributed by atoms with Crippen molar-refractivity contribution >= 4 is 11.9 Å². The van der Waals surface area contributed by atoms with Crippen LogP contribution in [0, 0.1) is 11.3 Å². The van der Waals surface area contributed by atoms with Crippen molar-refractivity contribution < 1.29 is 23.8 Å². The first-order valence-electron chi connectivity index (χ1n) is 8.12. The topological polar surface area (TPSA) is 61.8 Å². The van der Waals surface area contributed by atoms with Crippen LogP contribution in [0.3, 0.4) is 0 Å². The van der Waals surface area contributed by atoms with Crippen LogP contribution in [0.1, 0.15) is 47.0 Å². The first kappa shape index (κ1) is 16.2. The second kappa shape index (κ2) is 5.20. The Morgan fingerprint density at radius 1 is 1.43 bits per heavy atom. The first-order chi connectivity index (χ1) is 10.8. The van der Waals surface area contributed by atoms with E-state index in [2.05, 4.69) is 19.9 Å². The fourth-order valence-corrected chi connectivity index (χ4v) is 4.36. The fraction of sp³-hybridized carbons (Fsp3) is 0.667. The number of hydrogen-bond donors (Lipinski definition) is 0. The van der Waals surface area contributed by atoms with Gasteiger partial charge in [0, 0.05) is 31.4 Å². The molecule has 1 saturated carbocycles. The molecule has 4 atom stereocenters. The Hall–Kier alpha value is -1.62. The lowest BCUT2D eigenvalue weighted by Gasteiger charge is -2.53. The van der Waals surface area contributed by atoms with Gasteiger partial charge in [0.15, 0.2) is 0 Å². The van der Waals surface area contributed by atoms with Crippen LogP contribution in [-0.2, 0) is 23.8 Å². The Morgan fingerprint density at radius 3 is 2.74 bits per heavy atom. The summed E-state index contributed by atoms with van der Waals surface area (Å²) in [7, 11) is 1.53. The summed E-state index contributed by atoms with van der Waals surface area (Å²) in [4.78, 5) is 24.0. The van der Waals surface area contributed by atoms with E-state index in [1.807, 2.05) is 0 Å². The third-order valence-electron chi connectivity index (χ3n) is 5.93. The largest absolute Gasteiger partial charge is 0.457 e. The molecule has 0 aromatic rings. The molecular weight excluding hydrogens is 296 g/mol. The number of carbonyl (C=O) groups is 2. The molecule has 0 amide bonds. The molecule has 4 unspecified atom stereocenters. The molecule has 0 spiro atoms. The van der Waals surface area contributed by atoms with Crippen LogP contribution in [0.4, 0.5) is 0 Å². The zero-order chi connectivity index (χ0) is 17.0. The lowest BCUT2D eigenvalue weighted by atomic mass is 9.56. The second-order valence-corrected chi connectivity index (χ2v) is 7.04. The van der Waals surface area contributed by atoms with Gasteiger partial charge in [-0.15, -0.1) is 0 Å². The van der Waals surface area contributed by atoms with Crippen LogP contribution in [-0.4, -0.2) is 30.9 Å². The van der Waals surface area contributed by atoms with Gasteiger partial charge in [-0.25, -0.2) is 4.79 Å². The maximum absolute atomic E-state index is 12.2. The molecule has 23 heavy (non-hydrogen) atoms. The Labute approximate surface area is 136 Å². The highest BCUT2D eigenvalue weighted by Gasteiger charge is 2.63. The number of carbonyl (C=O) groups excluding carboxylic acids is 2. The summed E-state index contributed by atoms with van der Waals surface area (Å²) in [5.41, 5.74) is 1.98. The number of rotatable bonds is 2. The molecule has 0 N–H and O–H groups in total. The molecule has 0 saturated heterocycles. The zero-order valence-corrected chi connectivity index (χ0v) is 14.4. The molecule has 1 fully saturated rings. The summed E-state index contributed by atoms with van der Waals surface area (Å²) in [6, 6.07) is 0. The van der Waals surface area contributed by atoms with Gasteiger partial charge < -0.3 is 14.2 Å². The van der Waals surface area contributed by atoms with Gasteiger partial charge in [-0.05, 0) is 25.7 Å². The maximum atomic E-state index is 12.2. The van der Waals surface area contributed by atoms with E-state index in [1.54, 1.807) is 6.92 Å². The van der Waals surface area contributed by atoms with E-state index in [4.69, 9.17) is 14.2 Å². The van der Waals surface area contributed by atoms with Crippen LogP contribution in [0.15, 0.2) is 22.8 Å². The Morgan fingerprint density at radius 2 is 2.13 bits per heavy atom. The Balaban J connectivity index is 2.22. The van der Waals surface area contributed by atoms with Crippen molar-refractivity contribution in [3.63, 3.8) is 0 Å². The molecule has 3 aliphatic rings. The first-order valence-corrected chi connectivity index (χ1v) is 8.12. The van der Waals surface area contributed by atoms with Crippen LogP contribution >= 0.6 is 0 Å². The molecule has 3 rings (SSSR count). The molecule has 5 nitrogen and oxygen atoms in total. The van der Waals surface area contributed by atoms with E-state index in [9.17, 15) is 9.59 Å². The zero-order valence-electron chi connectivity index (χ0n) is 14.4. The molecule has 1 aliphatic heterocycles. The monoisotopic (exact) mass is 320 g/mol. The van der Waals surface area contributed by atoms with Gasteiger partial charge in [0.25, 0.3) is 0 Å². The predicted octanol–water partition coefficient (Wildman–Crippen LogP) is 2.90. The van der Waals surface area contributed by atoms with Crippen molar-refractivity contribution in [1.29, 1.82) is 0 Å². The van der Waals surface area contributed by atoms with Gasteiger partial charge in [0.1, 0.15) is 6.10 Å². The smallest absolute Gasteiger partial charge is 0.336 e. The third-order valence-corrected chi connectivity index (χ3v) is 5.93. The van der Waals surface area contributed by atoms with Crippen molar-refractivity contribution in [2.45, 2.75) is 58.8 Å². The van der Waals surface area contributed by atoms with Crippen molar-refractivity contribution in [1.82, 2.24) is 0 Å². The third kappa shape index (κ3) is 2.09. The van der Waals surface area contributed by atoms with Crippen molar-refractivity contribution in [3.8, 4) is 0 Å². The van der Waals surface area contributed by atoms with Crippen molar-refractivity contribution in [2.75, 3.05) is 7.11 Å². The fourth-order valence-electron chi connectivity index (χ4n) is 4.36. The van der Waals surface area contributed by atoms with Crippen LogP contribution in [0.5, 0.6) is 0 Å². The van der Waals surface area contributed by atoms with E-state index >= 15 is 0 Å². The van der Waals surface area contributed by atoms with Gasteiger partial charge in [0.05, 0.1) is 5.57 Å². The van der Waals surface area contributed by atoms with Gasteiger partial charge in [0.2, 0.25) is 5.79 Å². The van der Waals surface area contributed by atoms with Gasteiger partial charge in [-0.2, -0.15) is 0 Å². The van der Waals surface area contributed by atoms with Crippen LogP contribution < -0.4 is 0 Å². The SMILES string of the molecule is COC12CC3=CCCC(C)C3(C)C(OC(C)=O)C1=C(C)C(=O)O2. The maximum Gasteiger partial charge on any atom is 0.336 e. The number of hydrogen-bond acceptors (Lipinski definition) is 5. The number of esters is 2. The molecule has 1 heterocycles. The van der Waals surface area contributed by atoms with Crippen LogP contribution in [0.2, 0.25) is 0 Å². The normalized spacial score (nSPS) is 39.3. The number of fused-ring (bicyclic) bond motifs is 2. The summed E-state index contributed by atoms with van der Waals surface area (Å²) in [5, 5.41) is 0. The lowest BCUT2D eigenvalue weighted by Crippen LogP contribution is -2.56. The highest BCUT2D eigenvalue weighted by molar-refractivity contribution is 5.93. The molecule has 2 aliphatic carbocycles. The summed E-state index contributed by atoms with van der Waals surface area (Å²) < 4.78 is 17.0. The van der Waals surface area contributed by atoms with Gasteiger partial charge in [-0.1, -0.05) is 25.5 Å². The van der Waals surface area contributed by atoms with E-state index in [-0.39, 0.29) is 11.4 Å². The average Bonchev–Trinajstić information content (AvgIpc) is 2.73. The van der Waals surface area contributed by atoms with E-state index < -0.39 is 17.9 Å². The summed E-state index contributed by atoms with van der Waals surface area (Å²) >= 11 is 0. The Bertz CT molecular complexity index is 631. The molecular formula is C18H24O5. The molecule has 0 aromatic carbocycles. The lowest BCUT2D eigenvalue weighted by molar-refractivity contribution is -0.209. The van der Waals surface area contributed by atoms with Crippen LogP contribution in [0.25, 0.3) is 0 Å². The molecule has 0 radical (unpaired) electrons. The minimum atomic E-state index is -1.14. The summed E-state index contributed by atoms with van der Waals surface area (Å²) in [6.07, 6.45) is 4.15. The average molecular weight is 320 g/mol. The molecule has 0 aromatic heterocycles. The predicted molar refractivity (Wildman–Crippen MR) is 83.3 cm³/mol. The number of allylic oxidation sites excluding steroid dienone is 1. The minimum Gasteiger partial charge on any atom is -0.457 e. The Kier molecular flexibility index (Phi) is 3.67. The second-order valence-electron chi connectivity index (χ2n) is 7.04. The number of methoxy groups -OCH3 is 1. The molecule has 5 heteroatoms. The van der Waals surface area contributed by atoms with Crippen molar-refractivity contribution in [3.05, 3.63) is 22.8 Å². The summed E-state index contributed by atoms with van der Waals surface area (Å²) in [6.45, 7) is 7.42. The number of ether oxygens (including phenoxy) is 3. The quantitative estimate of drug-likeness (QED) is 0.578. The molecule has 126 valence electrons. The highest BCUT2D eigenvalue weighted by atomic mass is 16.7. The minimum absolute atomic E-state index is 0.331. The van der Waals surface area contributed by atoms with Gasteiger partial charge in [-0.3, -0.25) is 4.79 Å². The van der Waals surface area contributed by atoms with Crippen molar-refractivity contribution in [2.24, 2.45) is 11.3 Å². The summed E-state index contributed by atoms with van der Waals surface area (Å²) in [5.74, 6) is -1.56. The van der Waals surface area contributed by atoms with E-state index in [0.29, 0.717) is 23.5 Å². The highest BCUT2D eigenvalue weighted by Crippen LogP contribution is 2.59. The standard InChI is InChI=1S/C18H24O5/c1-10-7-6-8-13-9-18(21-5)14(11(2)16(20)23-18)15(17(10,13)4)22-12(3)19/h8,10,15H,6-7,9H2,1-5H3. The van der Waals surface area contributed by atoms with Gasteiger partial charge >= 0.3 is 11.9 Å². The van der Waals surface area contributed by atoms with E-state index in [0.717, 1.165) is 18.4 Å².